The number of hydrogen-bond donors (Lipinski definition) is 0. The van der Waals surface area contributed by atoms with Crippen LogP contribution in [0.15, 0.2) is 0 Å². The fourth-order valence-electron chi connectivity index (χ4n) is 1.28. The second kappa shape index (κ2) is 2.74. The molecule has 50 valence electrons. The van der Waals surface area contributed by atoms with E-state index in [4.69, 9.17) is 7.85 Å². The molecule has 2 radical (unpaired) electrons. The maximum Gasteiger partial charge on any atom is 0.0717 e. The third-order valence-electron chi connectivity index (χ3n) is 1.99. The van der Waals surface area contributed by atoms with Gasteiger partial charge in [-0.2, -0.15) is 0 Å². The molecule has 0 aromatic heterocycles. The molecule has 1 aliphatic rings. The van der Waals surface area contributed by atoms with Crippen LogP contribution in [-0.4, -0.2) is 31.9 Å². The van der Waals surface area contributed by atoms with Crippen molar-refractivity contribution in [1.29, 1.82) is 0 Å². The molecule has 1 heterocycles. The summed E-state index contributed by atoms with van der Waals surface area (Å²) in [5.74, 6) is 0.437. The zero-order chi connectivity index (χ0) is 6.85. The van der Waals surface area contributed by atoms with Crippen LogP contribution in [0.1, 0.15) is 20.3 Å². The van der Waals surface area contributed by atoms with E-state index >= 15 is 0 Å². The Hall–Kier alpha value is 0.0249. The van der Waals surface area contributed by atoms with Gasteiger partial charge in [0, 0.05) is 6.04 Å². The van der Waals surface area contributed by atoms with Crippen LogP contribution in [0.3, 0.4) is 0 Å². The first kappa shape index (κ1) is 7.14. The van der Waals surface area contributed by atoms with Crippen LogP contribution in [0.4, 0.5) is 0 Å². The third-order valence-corrected chi connectivity index (χ3v) is 1.99. The smallest absolute Gasteiger partial charge is 0.0717 e. The largest absolute Gasteiger partial charge is 0.301 e. The zero-order valence-electron chi connectivity index (χ0n) is 6.30. The monoisotopic (exact) mass is 123 g/mol. The molecule has 0 aliphatic carbocycles. The standard InChI is InChI=1S/C7H14BN/c1-6(2)9-4-3-7(8)5-9/h6-7H,3-5H2,1-2H3/t7-/m0/s1. The van der Waals surface area contributed by atoms with E-state index in [1.54, 1.807) is 0 Å². The first-order chi connectivity index (χ1) is 4.20. The van der Waals surface area contributed by atoms with Crippen molar-refractivity contribution in [2.75, 3.05) is 13.1 Å². The average Bonchev–Trinajstić information content (AvgIpc) is 2.14. The second-order valence-corrected chi connectivity index (χ2v) is 3.14. The van der Waals surface area contributed by atoms with E-state index in [-0.39, 0.29) is 0 Å². The van der Waals surface area contributed by atoms with Crippen LogP contribution >= 0.6 is 0 Å². The topological polar surface area (TPSA) is 3.24 Å². The Morgan fingerprint density at radius 3 is 2.44 bits per heavy atom. The molecule has 0 bridgehead atoms. The molecule has 1 rings (SSSR count). The number of hydrogen-bond acceptors (Lipinski definition) is 1. The van der Waals surface area contributed by atoms with Gasteiger partial charge in [-0.15, -0.1) is 0 Å². The first-order valence-electron chi connectivity index (χ1n) is 3.70. The third kappa shape index (κ3) is 1.72. The average molecular weight is 123 g/mol. The van der Waals surface area contributed by atoms with Crippen LogP contribution in [0.2, 0.25) is 5.82 Å². The SMILES string of the molecule is [B][C@H]1CCN(C(C)C)C1. The van der Waals surface area contributed by atoms with E-state index in [9.17, 15) is 0 Å². The summed E-state index contributed by atoms with van der Waals surface area (Å²) < 4.78 is 0. The molecule has 2 heteroatoms. The molecule has 1 nitrogen and oxygen atoms in total. The van der Waals surface area contributed by atoms with Gasteiger partial charge in [-0.3, -0.25) is 0 Å². The molecule has 1 fully saturated rings. The molecule has 1 atom stereocenters. The van der Waals surface area contributed by atoms with Gasteiger partial charge in [0.15, 0.2) is 0 Å². The maximum absolute atomic E-state index is 5.72. The zero-order valence-corrected chi connectivity index (χ0v) is 6.30. The van der Waals surface area contributed by atoms with Crippen LogP contribution in [0.5, 0.6) is 0 Å². The molecule has 1 aliphatic heterocycles. The molecular weight excluding hydrogens is 109 g/mol. The normalized spacial score (nSPS) is 29.9. The molecule has 0 amide bonds. The Labute approximate surface area is 58.8 Å². The van der Waals surface area contributed by atoms with Gasteiger partial charge >= 0.3 is 0 Å². The molecular formula is C7H14BN. The van der Waals surface area contributed by atoms with Gasteiger partial charge in [-0.25, -0.2) is 0 Å². The van der Waals surface area contributed by atoms with Gasteiger partial charge < -0.3 is 4.90 Å². The van der Waals surface area contributed by atoms with Crippen molar-refractivity contribution in [2.24, 2.45) is 0 Å². The van der Waals surface area contributed by atoms with E-state index in [1.807, 2.05) is 0 Å². The van der Waals surface area contributed by atoms with E-state index in [2.05, 4.69) is 18.7 Å². The molecule has 0 spiro atoms. The lowest BCUT2D eigenvalue weighted by Gasteiger charge is -2.19. The number of likely N-dealkylation sites (tertiary alicyclic amines) is 1. The lowest BCUT2D eigenvalue weighted by molar-refractivity contribution is 0.276. The van der Waals surface area contributed by atoms with Crippen molar-refractivity contribution in [3.05, 3.63) is 0 Å². The minimum absolute atomic E-state index is 0.437. The highest BCUT2D eigenvalue weighted by atomic mass is 15.2. The lowest BCUT2D eigenvalue weighted by atomic mass is 9.87. The lowest BCUT2D eigenvalue weighted by Crippen LogP contribution is -2.27. The molecule has 0 aromatic carbocycles. The Balaban J connectivity index is 2.30. The predicted octanol–water partition coefficient (Wildman–Crippen LogP) is 1.06. The van der Waals surface area contributed by atoms with Crippen LogP contribution in [0.25, 0.3) is 0 Å². The van der Waals surface area contributed by atoms with Crippen molar-refractivity contribution >= 4 is 7.85 Å². The molecule has 0 saturated carbocycles. The van der Waals surface area contributed by atoms with Crippen LogP contribution < -0.4 is 0 Å². The Morgan fingerprint density at radius 1 is 1.56 bits per heavy atom. The number of rotatable bonds is 1. The molecule has 0 N–H and O–H groups in total. The maximum atomic E-state index is 5.72. The summed E-state index contributed by atoms with van der Waals surface area (Å²) >= 11 is 0. The summed E-state index contributed by atoms with van der Waals surface area (Å²) in [5, 5.41) is 0. The summed E-state index contributed by atoms with van der Waals surface area (Å²) in [6.45, 7) is 6.73. The number of nitrogens with zero attached hydrogens (tertiary/aromatic N) is 1. The van der Waals surface area contributed by atoms with Gasteiger partial charge in [0.05, 0.1) is 7.85 Å². The van der Waals surface area contributed by atoms with Crippen molar-refractivity contribution in [3.8, 4) is 0 Å². The summed E-state index contributed by atoms with van der Waals surface area (Å²) in [6, 6.07) is 0.679. The summed E-state index contributed by atoms with van der Waals surface area (Å²) in [5.41, 5.74) is 0. The highest BCUT2D eigenvalue weighted by Crippen LogP contribution is 2.19. The second-order valence-electron chi connectivity index (χ2n) is 3.14. The van der Waals surface area contributed by atoms with Crippen LogP contribution in [0, 0.1) is 0 Å². The minimum Gasteiger partial charge on any atom is -0.301 e. The van der Waals surface area contributed by atoms with Crippen molar-refractivity contribution in [1.82, 2.24) is 4.90 Å². The summed E-state index contributed by atoms with van der Waals surface area (Å²) in [7, 11) is 5.72. The van der Waals surface area contributed by atoms with E-state index in [1.165, 1.54) is 13.0 Å². The molecule has 1 saturated heterocycles. The van der Waals surface area contributed by atoms with Crippen molar-refractivity contribution in [2.45, 2.75) is 32.1 Å². The Bertz CT molecular complexity index is 92.9. The van der Waals surface area contributed by atoms with Gasteiger partial charge in [0.1, 0.15) is 0 Å². The van der Waals surface area contributed by atoms with E-state index in [0.717, 1.165) is 6.54 Å². The highest BCUT2D eigenvalue weighted by Gasteiger charge is 2.19. The van der Waals surface area contributed by atoms with E-state index < -0.39 is 0 Å². The van der Waals surface area contributed by atoms with Gasteiger partial charge in [0.25, 0.3) is 0 Å². The molecule has 9 heavy (non-hydrogen) atoms. The first-order valence-corrected chi connectivity index (χ1v) is 3.70. The quantitative estimate of drug-likeness (QED) is 0.471. The molecule has 0 unspecified atom stereocenters. The van der Waals surface area contributed by atoms with Gasteiger partial charge in [-0.1, -0.05) is 5.82 Å². The molecule has 0 aromatic rings. The van der Waals surface area contributed by atoms with Gasteiger partial charge in [0.2, 0.25) is 0 Å². The fraction of sp³-hybridized carbons (Fsp3) is 1.00. The summed E-state index contributed by atoms with van der Waals surface area (Å²) in [6.07, 6.45) is 1.18. The predicted molar refractivity (Wildman–Crippen MR) is 40.8 cm³/mol. The van der Waals surface area contributed by atoms with E-state index in [0.29, 0.717) is 11.9 Å². The van der Waals surface area contributed by atoms with Crippen LogP contribution in [-0.2, 0) is 0 Å². The summed E-state index contributed by atoms with van der Waals surface area (Å²) in [4.78, 5) is 2.42. The fourth-order valence-corrected chi connectivity index (χ4v) is 1.28. The van der Waals surface area contributed by atoms with Crippen molar-refractivity contribution in [3.63, 3.8) is 0 Å². The Kier molecular flexibility index (Phi) is 2.17. The minimum atomic E-state index is 0.437. The Morgan fingerprint density at radius 2 is 2.22 bits per heavy atom. The van der Waals surface area contributed by atoms with Crippen molar-refractivity contribution < 1.29 is 0 Å². The highest BCUT2D eigenvalue weighted by molar-refractivity contribution is 6.11. The van der Waals surface area contributed by atoms with Gasteiger partial charge in [-0.05, 0) is 33.4 Å².